The van der Waals surface area contributed by atoms with Crippen LogP contribution in [0.5, 0.6) is 11.5 Å². The maximum atomic E-state index is 12.2. The summed E-state index contributed by atoms with van der Waals surface area (Å²) < 4.78 is 11.0. The number of piperazine rings is 1. The number of carbonyl (C=O) groups excluding carboxylic acids is 1. The molecule has 1 saturated heterocycles. The highest BCUT2D eigenvalue weighted by Crippen LogP contribution is 2.22. The summed E-state index contributed by atoms with van der Waals surface area (Å²) in [6.45, 7) is 6.97. The van der Waals surface area contributed by atoms with Gasteiger partial charge in [0, 0.05) is 37.9 Å². The van der Waals surface area contributed by atoms with Crippen molar-refractivity contribution in [3.8, 4) is 11.5 Å². The summed E-state index contributed by atoms with van der Waals surface area (Å²) in [5.74, 6) is 1.75. The Kier molecular flexibility index (Phi) is 7.14. The van der Waals surface area contributed by atoms with E-state index in [0.717, 1.165) is 48.9 Å². The van der Waals surface area contributed by atoms with E-state index >= 15 is 0 Å². The number of benzene rings is 2. The summed E-state index contributed by atoms with van der Waals surface area (Å²) >= 11 is 0. The largest absolute Gasteiger partial charge is 0.497 e. The van der Waals surface area contributed by atoms with E-state index < -0.39 is 0 Å². The highest BCUT2D eigenvalue weighted by atomic mass is 16.5. The van der Waals surface area contributed by atoms with Crippen molar-refractivity contribution in [2.75, 3.05) is 57.9 Å². The quantitative estimate of drug-likeness (QED) is 0.709. The molecule has 1 heterocycles. The Morgan fingerprint density at radius 1 is 1.04 bits per heavy atom. The number of rotatable bonds is 8. The molecule has 2 aromatic carbocycles. The summed E-state index contributed by atoms with van der Waals surface area (Å²) in [7, 11) is 1.68. The van der Waals surface area contributed by atoms with E-state index in [1.165, 1.54) is 0 Å². The predicted molar refractivity (Wildman–Crippen MR) is 111 cm³/mol. The number of aryl methyl sites for hydroxylation is 1. The summed E-state index contributed by atoms with van der Waals surface area (Å²) in [6, 6.07) is 16.0. The monoisotopic (exact) mass is 383 g/mol. The highest BCUT2D eigenvalue weighted by Gasteiger charge is 2.19. The van der Waals surface area contributed by atoms with Gasteiger partial charge in [-0.25, -0.2) is 0 Å². The molecule has 1 amide bonds. The Morgan fingerprint density at radius 2 is 1.79 bits per heavy atom. The second kappa shape index (κ2) is 9.99. The molecule has 0 aliphatic carbocycles. The maximum absolute atomic E-state index is 12.2. The van der Waals surface area contributed by atoms with Crippen molar-refractivity contribution in [2.24, 2.45) is 0 Å². The summed E-state index contributed by atoms with van der Waals surface area (Å²) in [5, 5.41) is 2.94. The molecule has 0 spiro atoms. The molecule has 0 bridgehead atoms. The minimum Gasteiger partial charge on any atom is -0.497 e. The molecule has 6 heteroatoms. The first kappa shape index (κ1) is 20.0. The van der Waals surface area contributed by atoms with Gasteiger partial charge in [0.15, 0.2) is 0 Å². The van der Waals surface area contributed by atoms with Crippen LogP contribution in [-0.2, 0) is 4.79 Å². The Bertz CT molecular complexity index is 773. The molecule has 0 radical (unpaired) electrons. The second-order valence-electron chi connectivity index (χ2n) is 6.98. The Hall–Kier alpha value is -2.73. The van der Waals surface area contributed by atoms with Gasteiger partial charge in [-0.2, -0.15) is 0 Å². The van der Waals surface area contributed by atoms with E-state index in [4.69, 9.17) is 9.47 Å². The van der Waals surface area contributed by atoms with Gasteiger partial charge < -0.3 is 19.7 Å². The van der Waals surface area contributed by atoms with Crippen LogP contribution in [0.3, 0.4) is 0 Å². The van der Waals surface area contributed by atoms with Crippen molar-refractivity contribution in [1.29, 1.82) is 0 Å². The third-order valence-electron chi connectivity index (χ3n) is 4.84. The van der Waals surface area contributed by atoms with Crippen molar-refractivity contribution in [3.63, 3.8) is 0 Å². The van der Waals surface area contributed by atoms with Crippen molar-refractivity contribution in [3.05, 3.63) is 54.1 Å². The minimum atomic E-state index is 0.0441. The Morgan fingerprint density at radius 3 is 2.54 bits per heavy atom. The normalized spacial score (nSPS) is 14.6. The van der Waals surface area contributed by atoms with E-state index in [2.05, 4.69) is 27.2 Å². The smallest absolute Gasteiger partial charge is 0.234 e. The average Bonchev–Trinajstić information content (AvgIpc) is 2.72. The van der Waals surface area contributed by atoms with Crippen molar-refractivity contribution in [1.82, 2.24) is 10.2 Å². The number of nitrogens with zero attached hydrogens (tertiary/aromatic N) is 2. The van der Waals surface area contributed by atoms with Crippen molar-refractivity contribution in [2.45, 2.75) is 6.92 Å². The zero-order chi connectivity index (χ0) is 19.8. The second-order valence-corrected chi connectivity index (χ2v) is 6.98. The molecule has 150 valence electrons. The van der Waals surface area contributed by atoms with Gasteiger partial charge >= 0.3 is 0 Å². The van der Waals surface area contributed by atoms with Gasteiger partial charge in [0.05, 0.1) is 20.2 Å². The fraction of sp³-hybridized carbons (Fsp3) is 0.409. The first-order valence-corrected chi connectivity index (χ1v) is 9.71. The van der Waals surface area contributed by atoms with Gasteiger partial charge in [0.1, 0.15) is 18.1 Å². The average molecular weight is 383 g/mol. The molecule has 1 fully saturated rings. The lowest BCUT2D eigenvalue weighted by Gasteiger charge is -2.35. The van der Waals surface area contributed by atoms with Gasteiger partial charge in [-0.05, 0) is 36.8 Å². The molecule has 2 aromatic rings. The molecule has 3 rings (SSSR count). The molecule has 0 aromatic heterocycles. The van der Waals surface area contributed by atoms with E-state index in [1.807, 2.05) is 43.3 Å². The number of nitrogens with one attached hydrogen (secondary N) is 1. The third kappa shape index (κ3) is 5.89. The van der Waals surface area contributed by atoms with Crippen LogP contribution in [0.4, 0.5) is 5.69 Å². The molecular formula is C22H29N3O3. The zero-order valence-corrected chi connectivity index (χ0v) is 16.7. The zero-order valence-electron chi connectivity index (χ0n) is 16.7. The lowest BCUT2D eigenvalue weighted by Crippen LogP contribution is -2.49. The first-order valence-electron chi connectivity index (χ1n) is 9.71. The van der Waals surface area contributed by atoms with E-state index in [1.54, 1.807) is 7.11 Å². The summed E-state index contributed by atoms with van der Waals surface area (Å²) in [5.41, 5.74) is 2.33. The molecule has 6 nitrogen and oxygen atoms in total. The van der Waals surface area contributed by atoms with Gasteiger partial charge in [-0.15, -0.1) is 0 Å². The maximum Gasteiger partial charge on any atom is 0.234 e. The molecule has 1 aliphatic heterocycles. The number of anilines is 1. The number of carbonyl (C=O) groups is 1. The molecule has 0 unspecified atom stereocenters. The van der Waals surface area contributed by atoms with Crippen LogP contribution in [-0.4, -0.2) is 63.8 Å². The number of hydrogen-bond donors (Lipinski definition) is 1. The third-order valence-corrected chi connectivity index (χ3v) is 4.84. The van der Waals surface area contributed by atoms with Crippen LogP contribution < -0.4 is 19.7 Å². The SMILES string of the molecule is COc1cccc(N2CCN(CC(=O)NCCOc3cccc(C)c3)CC2)c1. The van der Waals surface area contributed by atoms with Crippen LogP contribution in [0, 0.1) is 6.92 Å². The lowest BCUT2D eigenvalue weighted by molar-refractivity contribution is -0.122. The standard InChI is InChI=1S/C22H29N3O3/c1-18-5-3-8-21(15-18)28-14-9-23-22(26)17-24-10-12-25(13-11-24)19-6-4-7-20(16-19)27-2/h3-8,15-16H,9-14,17H2,1-2H3,(H,23,26). The highest BCUT2D eigenvalue weighted by molar-refractivity contribution is 5.78. The lowest BCUT2D eigenvalue weighted by atomic mass is 10.2. The summed E-state index contributed by atoms with van der Waals surface area (Å²) in [6.07, 6.45) is 0. The van der Waals surface area contributed by atoms with Crippen LogP contribution in [0.15, 0.2) is 48.5 Å². The van der Waals surface area contributed by atoms with E-state index in [9.17, 15) is 4.79 Å². The summed E-state index contributed by atoms with van der Waals surface area (Å²) in [4.78, 5) is 16.7. The molecule has 1 N–H and O–H groups in total. The molecule has 0 atom stereocenters. The van der Waals surface area contributed by atoms with Crippen LogP contribution in [0.25, 0.3) is 0 Å². The van der Waals surface area contributed by atoms with Crippen LogP contribution in [0.2, 0.25) is 0 Å². The predicted octanol–water partition coefficient (Wildman–Crippen LogP) is 2.32. The molecule has 1 aliphatic rings. The Labute approximate surface area is 167 Å². The molecule has 28 heavy (non-hydrogen) atoms. The van der Waals surface area contributed by atoms with E-state index in [0.29, 0.717) is 19.7 Å². The fourth-order valence-electron chi connectivity index (χ4n) is 3.29. The van der Waals surface area contributed by atoms with Gasteiger partial charge in [-0.3, -0.25) is 9.69 Å². The van der Waals surface area contributed by atoms with Gasteiger partial charge in [0.2, 0.25) is 5.91 Å². The fourth-order valence-corrected chi connectivity index (χ4v) is 3.29. The number of ether oxygens (including phenoxy) is 2. The van der Waals surface area contributed by atoms with Crippen LogP contribution >= 0.6 is 0 Å². The number of amides is 1. The van der Waals surface area contributed by atoms with Gasteiger partial charge in [0.25, 0.3) is 0 Å². The van der Waals surface area contributed by atoms with Crippen molar-refractivity contribution < 1.29 is 14.3 Å². The van der Waals surface area contributed by atoms with E-state index in [-0.39, 0.29) is 5.91 Å². The molecule has 0 saturated carbocycles. The topological polar surface area (TPSA) is 54.0 Å². The van der Waals surface area contributed by atoms with Crippen LogP contribution in [0.1, 0.15) is 5.56 Å². The Balaban J connectivity index is 1.34. The van der Waals surface area contributed by atoms with Crippen molar-refractivity contribution >= 4 is 11.6 Å². The minimum absolute atomic E-state index is 0.0441. The first-order chi connectivity index (χ1) is 13.6. The molecular weight excluding hydrogens is 354 g/mol. The number of hydrogen-bond acceptors (Lipinski definition) is 5. The number of methoxy groups -OCH3 is 1. The van der Waals surface area contributed by atoms with Gasteiger partial charge in [-0.1, -0.05) is 18.2 Å².